The monoisotopic (exact) mass is 341 g/mol. The highest BCUT2D eigenvalue weighted by Crippen LogP contribution is 2.38. The summed E-state index contributed by atoms with van der Waals surface area (Å²) in [5, 5.41) is 0.656. The number of carbonyl (C=O) groups excluding carboxylic acids is 1. The van der Waals surface area contributed by atoms with Crippen molar-refractivity contribution in [3.05, 3.63) is 38.8 Å². The molecule has 7 heteroatoms. The van der Waals surface area contributed by atoms with Crippen LogP contribution in [0.1, 0.15) is 30.2 Å². The first-order valence-corrected chi connectivity index (χ1v) is 8.19. The Morgan fingerprint density at radius 2 is 2.27 bits per heavy atom. The van der Waals surface area contributed by atoms with E-state index in [0.29, 0.717) is 10.5 Å². The third kappa shape index (κ3) is 2.21. The van der Waals surface area contributed by atoms with Gasteiger partial charge >= 0.3 is 5.97 Å². The number of esters is 1. The lowest BCUT2D eigenvalue weighted by atomic mass is 10.1. The number of nitrogens with zero attached hydrogens (tertiary/aromatic N) is 1. The number of hydrogen-bond donors (Lipinski definition) is 0. The van der Waals surface area contributed by atoms with E-state index >= 15 is 0 Å². The van der Waals surface area contributed by atoms with Gasteiger partial charge in [-0.2, -0.15) is 0 Å². The second-order valence-electron chi connectivity index (χ2n) is 5.04. The quantitative estimate of drug-likeness (QED) is 0.782. The Morgan fingerprint density at radius 1 is 1.55 bits per heavy atom. The van der Waals surface area contributed by atoms with E-state index in [2.05, 4.69) is 0 Å². The molecule has 0 bridgehead atoms. The minimum atomic E-state index is -0.681. The molecule has 116 valence electrons. The minimum absolute atomic E-state index is 0.0228. The Balaban J connectivity index is 2.44. The van der Waals surface area contributed by atoms with Crippen LogP contribution < -0.4 is 5.43 Å². The summed E-state index contributed by atoms with van der Waals surface area (Å²) < 4.78 is 20.6. The summed E-state index contributed by atoms with van der Waals surface area (Å²) in [5.74, 6) is -0.630. The molecule has 0 amide bonds. The van der Waals surface area contributed by atoms with Gasteiger partial charge < -0.3 is 9.30 Å². The summed E-state index contributed by atoms with van der Waals surface area (Å²) in [7, 11) is 0. The highest BCUT2D eigenvalue weighted by molar-refractivity contribution is 7.99. The molecule has 2 heterocycles. The van der Waals surface area contributed by atoms with Crippen molar-refractivity contribution in [1.29, 1.82) is 0 Å². The average Bonchev–Trinajstić information content (AvgIpc) is 2.83. The molecular weight excluding hydrogens is 329 g/mol. The molecule has 0 fully saturated rings. The van der Waals surface area contributed by atoms with Crippen LogP contribution in [0.3, 0.4) is 0 Å². The van der Waals surface area contributed by atoms with Crippen LogP contribution in [0.5, 0.6) is 0 Å². The molecule has 0 saturated carbocycles. The Morgan fingerprint density at radius 3 is 2.95 bits per heavy atom. The van der Waals surface area contributed by atoms with Gasteiger partial charge in [-0.25, -0.2) is 9.18 Å². The van der Waals surface area contributed by atoms with Crippen LogP contribution in [-0.4, -0.2) is 22.9 Å². The van der Waals surface area contributed by atoms with Crippen LogP contribution in [0.4, 0.5) is 4.39 Å². The van der Waals surface area contributed by atoms with Gasteiger partial charge in [-0.3, -0.25) is 4.79 Å². The van der Waals surface area contributed by atoms with Crippen LogP contribution in [0.25, 0.3) is 10.9 Å². The number of pyridine rings is 1. The Kier molecular flexibility index (Phi) is 3.91. The van der Waals surface area contributed by atoms with E-state index in [0.717, 1.165) is 11.8 Å². The Labute approximate surface area is 135 Å². The van der Waals surface area contributed by atoms with Gasteiger partial charge in [-0.1, -0.05) is 11.6 Å². The standard InChI is InChI=1S/C15H13ClFNO3S/c1-3-21-15(20)12-13(19)8-4-10(17)9(16)5-11(8)18-7(2)6-22-14(12)18/h4-5,7H,3,6H2,1-2H3. The number of benzene rings is 1. The van der Waals surface area contributed by atoms with Gasteiger partial charge in [0.1, 0.15) is 11.4 Å². The molecule has 0 N–H and O–H groups in total. The molecular formula is C15H13ClFNO3S. The lowest BCUT2D eigenvalue weighted by molar-refractivity contribution is 0.0519. The van der Waals surface area contributed by atoms with E-state index in [1.165, 1.54) is 17.8 Å². The zero-order valence-electron chi connectivity index (χ0n) is 12.0. The van der Waals surface area contributed by atoms with Crippen molar-refractivity contribution in [3.8, 4) is 0 Å². The maximum atomic E-state index is 13.8. The number of ether oxygens (including phenoxy) is 1. The molecule has 1 aromatic heterocycles. The molecule has 4 nitrogen and oxygen atoms in total. The van der Waals surface area contributed by atoms with Gasteiger partial charge in [-0.15, -0.1) is 11.8 Å². The molecule has 3 rings (SSSR count). The van der Waals surface area contributed by atoms with Gasteiger partial charge in [0.05, 0.1) is 22.2 Å². The fourth-order valence-electron chi connectivity index (χ4n) is 2.62. The molecule has 0 radical (unpaired) electrons. The number of fused-ring (bicyclic) bond motifs is 3. The van der Waals surface area contributed by atoms with Gasteiger partial charge in [-0.05, 0) is 26.0 Å². The van der Waals surface area contributed by atoms with E-state index < -0.39 is 17.2 Å². The number of rotatable bonds is 2. The first kappa shape index (κ1) is 15.4. The summed E-state index contributed by atoms with van der Waals surface area (Å²) in [5.41, 5.74) is -0.000706. The van der Waals surface area contributed by atoms with Crippen LogP contribution in [0.2, 0.25) is 5.02 Å². The normalized spacial score (nSPS) is 16.8. The Bertz CT molecular complexity index is 849. The highest BCUT2D eigenvalue weighted by atomic mass is 35.5. The van der Waals surface area contributed by atoms with Gasteiger partial charge in [0, 0.05) is 17.2 Å². The summed E-state index contributed by atoms with van der Waals surface area (Å²) >= 11 is 7.27. The minimum Gasteiger partial charge on any atom is -0.462 e. The molecule has 1 aliphatic rings. The third-order valence-corrected chi connectivity index (χ3v) is 5.20. The molecule has 0 aliphatic carbocycles. The number of carbonyl (C=O) groups is 1. The second kappa shape index (κ2) is 5.59. The summed E-state index contributed by atoms with van der Waals surface area (Å²) in [4.78, 5) is 24.8. The average molecular weight is 342 g/mol. The summed E-state index contributed by atoms with van der Waals surface area (Å²) in [6.07, 6.45) is 0. The van der Waals surface area contributed by atoms with Crippen LogP contribution >= 0.6 is 23.4 Å². The van der Waals surface area contributed by atoms with Gasteiger partial charge in [0.25, 0.3) is 0 Å². The molecule has 2 aromatic rings. The lowest BCUT2D eigenvalue weighted by Crippen LogP contribution is -2.23. The van der Waals surface area contributed by atoms with Crippen molar-refractivity contribution in [2.24, 2.45) is 0 Å². The van der Waals surface area contributed by atoms with Crippen LogP contribution in [-0.2, 0) is 4.74 Å². The largest absolute Gasteiger partial charge is 0.462 e. The molecule has 22 heavy (non-hydrogen) atoms. The van der Waals surface area contributed by atoms with Crippen LogP contribution in [0, 0.1) is 5.82 Å². The predicted octanol–water partition coefficient (Wildman–Crippen LogP) is 3.64. The van der Waals surface area contributed by atoms with E-state index in [9.17, 15) is 14.0 Å². The number of thioether (sulfide) groups is 1. The zero-order valence-corrected chi connectivity index (χ0v) is 13.6. The second-order valence-corrected chi connectivity index (χ2v) is 6.46. The fourth-order valence-corrected chi connectivity index (χ4v) is 4.06. The third-order valence-electron chi connectivity index (χ3n) is 3.58. The van der Waals surface area contributed by atoms with Crippen molar-refractivity contribution in [3.63, 3.8) is 0 Å². The molecule has 0 spiro atoms. The fraction of sp³-hybridized carbons (Fsp3) is 0.333. The molecule has 1 unspecified atom stereocenters. The first-order chi connectivity index (χ1) is 10.5. The highest BCUT2D eigenvalue weighted by Gasteiger charge is 2.30. The maximum absolute atomic E-state index is 13.8. The van der Waals surface area contributed by atoms with E-state index in [1.807, 2.05) is 11.5 Å². The Hall–Kier alpha value is -1.53. The lowest BCUT2D eigenvalue weighted by Gasteiger charge is -2.16. The molecule has 1 aromatic carbocycles. The first-order valence-electron chi connectivity index (χ1n) is 6.82. The number of hydrogen-bond acceptors (Lipinski definition) is 4. The van der Waals surface area contributed by atoms with Crippen molar-refractivity contribution in [1.82, 2.24) is 4.57 Å². The van der Waals surface area contributed by atoms with E-state index in [4.69, 9.17) is 16.3 Å². The SMILES string of the molecule is CCOC(=O)c1c2n(c3cc(Cl)c(F)cc3c1=O)C(C)CS2. The maximum Gasteiger partial charge on any atom is 0.344 e. The summed E-state index contributed by atoms with van der Waals surface area (Å²) in [6.45, 7) is 3.82. The van der Waals surface area contributed by atoms with E-state index in [-0.39, 0.29) is 28.6 Å². The van der Waals surface area contributed by atoms with E-state index in [1.54, 1.807) is 6.92 Å². The van der Waals surface area contributed by atoms with Crippen molar-refractivity contribution < 1.29 is 13.9 Å². The number of halogens is 2. The zero-order chi connectivity index (χ0) is 16.0. The van der Waals surface area contributed by atoms with Crippen molar-refractivity contribution in [2.75, 3.05) is 12.4 Å². The van der Waals surface area contributed by atoms with Crippen molar-refractivity contribution in [2.45, 2.75) is 24.9 Å². The van der Waals surface area contributed by atoms with Gasteiger partial charge in [0.2, 0.25) is 5.43 Å². The molecule has 0 saturated heterocycles. The molecule has 1 aliphatic heterocycles. The van der Waals surface area contributed by atoms with Crippen LogP contribution in [0.15, 0.2) is 22.0 Å². The molecule has 1 atom stereocenters. The summed E-state index contributed by atoms with van der Waals surface area (Å²) in [6, 6.07) is 2.60. The van der Waals surface area contributed by atoms with Crippen molar-refractivity contribution >= 4 is 40.2 Å². The topological polar surface area (TPSA) is 48.3 Å². The van der Waals surface area contributed by atoms with Gasteiger partial charge in [0.15, 0.2) is 0 Å². The predicted molar refractivity (Wildman–Crippen MR) is 84.6 cm³/mol. The smallest absolute Gasteiger partial charge is 0.344 e. The number of aromatic nitrogens is 1.